The largest absolute Gasteiger partial charge is 0.489 e. The first-order chi connectivity index (χ1) is 28.0. The second kappa shape index (κ2) is 14.8. The van der Waals surface area contributed by atoms with Gasteiger partial charge >= 0.3 is 0 Å². The number of halogens is 2. The lowest BCUT2D eigenvalue weighted by molar-refractivity contribution is -0.164. The van der Waals surface area contributed by atoms with Crippen LogP contribution in [0, 0.1) is 28.0 Å². The van der Waals surface area contributed by atoms with Gasteiger partial charge in [-0.3, -0.25) is 43.9 Å². The molecule has 16 heteroatoms. The number of piperazine rings is 1. The lowest BCUT2D eigenvalue weighted by atomic mass is 9.49. The molecule has 4 aliphatic heterocycles. The van der Waals surface area contributed by atoms with Crippen LogP contribution in [0.25, 0.3) is 0 Å². The van der Waals surface area contributed by atoms with Crippen molar-refractivity contribution in [2.75, 3.05) is 37.6 Å². The van der Waals surface area contributed by atoms with E-state index in [2.05, 4.69) is 10.6 Å². The van der Waals surface area contributed by atoms with Gasteiger partial charge in [0, 0.05) is 74.3 Å². The highest BCUT2D eigenvalue weighted by Crippen LogP contribution is 2.55. The molecule has 2 saturated heterocycles. The average Bonchev–Trinajstić information content (AvgIpc) is 3.70. The molecule has 1 aliphatic carbocycles. The van der Waals surface area contributed by atoms with Gasteiger partial charge < -0.3 is 19.9 Å². The van der Waals surface area contributed by atoms with Crippen molar-refractivity contribution in [3.05, 3.63) is 92.8 Å². The van der Waals surface area contributed by atoms with Crippen LogP contribution in [0.4, 0.5) is 10.1 Å². The van der Waals surface area contributed by atoms with Gasteiger partial charge in [-0.25, -0.2) is 4.39 Å². The summed E-state index contributed by atoms with van der Waals surface area (Å²) in [6, 6.07) is 13.4. The van der Waals surface area contributed by atoms with Gasteiger partial charge in [0.25, 0.3) is 17.7 Å². The Bertz CT molecular complexity index is 2330. The normalized spacial score (nSPS) is 23.3. The summed E-state index contributed by atoms with van der Waals surface area (Å²) in [5.41, 5.74) is 1.93. The predicted octanol–water partition coefficient (Wildman–Crippen LogP) is 4.03. The van der Waals surface area contributed by atoms with Gasteiger partial charge in [0.1, 0.15) is 29.8 Å². The summed E-state index contributed by atoms with van der Waals surface area (Å²) in [6.07, 6.45) is -0.184. The fourth-order valence-electron chi connectivity index (χ4n) is 9.75. The fraction of sp³-hybridized carbons (Fsp3) is 0.419. The fourth-order valence-corrected chi connectivity index (χ4v) is 9.96. The maximum Gasteiger partial charge on any atom is 0.262 e. The number of nitrogens with one attached hydrogen (secondary N) is 2. The Hall–Kier alpha value is -5.85. The molecule has 0 bridgehead atoms. The van der Waals surface area contributed by atoms with Gasteiger partial charge in [0.15, 0.2) is 0 Å². The molecule has 3 fully saturated rings. The Morgan fingerprint density at radius 1 is 0.932 bits per heavy atom. The van der Waals surface area contributed by atoms with E-state index in [1.165, 1.54) is 12.1 Å². The van der Waals surface area contributed by atoms with E-state index in [0.29, 0.717) is 61.3 Å². The van der Waals surface area contributed by atoms with Gasteiger partial charge in [0.05, 0.1) is 33.8 Å². The van der Waals surface area contributed by atoms with Crippen LogP contribution < -0.4 is 20.3 Å². The van der Waals surface area contributed by atoms with Crippen LogP contribution in [0.15, 0.2) is 48.5 Å². The molecule has 59 heavy (non-hydrogen) atoms. The number of piperidine rings is 1. The number of amides is 6. The Balaban J connectivity index is 0.831. The Morgan fingerprint density at radius 3 is 2.15 bits per heavy atom. The molecule has 0 radical (unpaired) electrons. The van der Waals surface area contributed by atoms with Gasteiger partial charge in [-0.2, -0.15) is 5.26 Å². The smallest absolute Gasteiger partial charge is 0.262 e. The maximum atomic E-state index is 15.6. The predicted molar refractivity (Wildman–Crippen MR) is 212 cm³/mol. The van der Waals surface area contributed by atoms with Crippen molar-refractivity contribution in [1.82, 2.24) is 25.3 Å². The third kappa shape index (κ3) is 6.97. The van der Waals surface area contributed by atoms with Crippen molar-refractivity contribution in [2.24, 2.45) is 10.8 Å². The molecule has 0 spiro atoms. The van der Waals surface area contributed by atoms with Crippen molar-refractivity contribution >= 4 is 52.7 Å². The molecule has 1 unspecified atom stereocenters. The first-order valence-electron chi connectivity index (χ1n) is 19.6. The van der Waals surface area contributed by atoms with E-state index in [-0.39, 0.29) is 54.1 Å². The summed E-state index contributed by atoms with van der Waals surface area (Å²) in [5, 5.41) is 14.7. The third-order valence-electron chi connectivity index (χ3n) is 12.5. The first-order valence-corrected chi connectivity index (χ1v) is 19.9. The lowest BCUT2D eigenvalue weighted by Crippen LogP contribution is -2.74. The van der Waals surface area contributed by atoms with Gasteiger partial charge in [0.2, 0.25) is 17.7 Å². The topological polar surface area (TPSA) is 172 Å². The molecule has 3 aromatic carbocycles. The number of hydrogen-bond acceptors (Lipinski definition) is 10. The summed E-state index contributed by atoms with van der Waals surface area (Å²) < 4.78 is 21.9. The minimum absolute atomic E-state index is 0.0441. The highest BCUT2D eigenvalue weighted by molar-refractivity contribution is 6.31. The molecule has 0 aromatic heterocycles. The van der Waals surface area contributed by atoms with Crippen molar-refractivity contribution in [3.63, 3.8) is 0 Å². The van der Waals surface area contributed by atoms with Crippen molar-refractivity contribution in [1.29, 1.82) is 5.26 Å². The Kier molecular flexibility index (Phi) is 9.99. The number of nitriles is 1. The molecule has 1 saturated carbocycles. The number of fused-ring (bicyclic) bond motifs is 2. The number of rotatable bonds is 8. The van der Waals surface area contributed by atoms with E-state index < -0.39 is 52.2 Å². The minimum Gasteiger partial charge on any atom is -0.489 e. The van der Waals surface area contributed by atoms with Gasteiger partial charge in [-0.15, -0.1) is 0 Å². The van der Waals surface area contributed by atoms with E-state index in [4.69, 9.17) is 16.3 Å². The summed E-state index contributed by atoms with van der Waals surface area (Å²) in [4.78, 5) is 84.1. The molecule has 306 valence electrons. The number of ether oxygens (including phenoxy) is 1. The standard InChI is InChI=1S/C43H43ClFN7O7/c1-42(2)40(43(3,4)41(42)59-27-7-5-23(19-46)31(44)18-27)48-36(55)28-8-6-26(17-32(28)45)50-11-13-51(14-12-50)35(54)22-49-20-24-15-29-30(16-25(24)21-49)39(58)52(38(29)57)33-9-10-34(53)47-37(33)56/h5-8,15-18,33,40-41H,9-14,20-22H2,1-4H3,(H,48,55)(H,47,53,56)/t33?,40-,41-. The highest BCUT2D eigenvalue weighted by Gasteiger charge is 2.64. The van der Waals surface area contributed by atoms with Crippen molar-refractivity contribution in [2.45, 2.75) is 71.8 Å². The quantitative estimate of drug-likeness (QED) is 0.316. The minimum atomic E-state index is -1.03. The van der Waals surface area contributed by atoms with Crippen LogP contribution in [0.2, 0.25) is 5.02 Å². The molecule has 4 heterocycles. The molecule has 3 aromatic rings. The maximum absolute atomic E-state index is 15.6. The molecular weight excluding hydrogens is 781 g/mol. The third-order valence-corrected chi connectivity index (χ3v) is 12.8. The van der Waals surface area contributed by atoms with Crippen LogP contribution in [-0.4, -0.2) is 101 Å². The second-order valence-electron chi connectivity index (χ2n) is 17.1. The second-order valence-corrected chi connectivity index (χ2v) is 17.5. The van der Waals surface area contributed by atoms with Crippen LogP contribution in [-0.2, 0) is 27.5 Å². The van der Waals surface area contributed by atoms with Crippen molar-refractivity contribution < 1.29 is 37.9 Å². The number of anilines is 1. The van der Waals surface area contributed by atoms with Gasteiger partial charge in [-0.05, 0) is 60.0 Å². The van der Waals surface area contributed by atoms with E-state index in [1.807, 2.05) is 43.6 Å². The summed E-state index contributed by atoms with van der Waals surface area (Å²) in [6.45, 7) is 10.6. The van der Waals surface area contributed by atoms with E-state index >= 15 is 4.39 Å². The van der Waals surface area contributed by atoms with Crippen LogP contribution in [0.3, 0.4) is 0 Å². The number of carbonyl (C=O) groups is 6. The first kappa shape index (κ1) is 40.0. The van der Waals surface area contributed by atoms with Gasteiger partial charge in [-0.1, -0.05) is 39.3 Å². The number of carbonyl (C=O) groups excluding carboxylic acids is 6. The molecule has 8 rings (SSSR count). The summed E-state index contributed by atoms with van der Waals surface area (Å²) in [7, 11) is 0. The Morgan fingerprint density at radius 2 is 1.58 bits per heavy atom. The summed E-state index contributed by atoms with van der Waals surface area (Å²) >= 11 is 6.22. The van der Waals surface area contributed by atoms with E-state index in [0.717, 1.165) is 16.0 Å². The zero-order chi connectivity index (χ0) is 42.1. The number of nitrogens with zero attached hydrogens (tertiary/aromatic N) is 5. The number of imide groups is 2. The molecular formula is C43H43ClFN7O7. The van der Waals surface area contributed by atoms with Crippen molar-refractivity contribution in [3.8, 4) is 11.8 Å². The van der Waals surface area contributed by atoms with Crippen LogP contribution in [0.5, 0.6) is 5.75 Å². The van der Waals surface area contributed by atoms with E-state index in [9.17, 15) is 34.0 Å². The zero-order valence-corrected chi connectivity index (χ0v) is 33.8. The Labute approximate surface area is 345 Å². The molecule has 14 nitrogen and oxygen atoms in total. The SMILES string of the molecule is CC1(C)[C@H](NC(=O)c2ccc(N3CCN(C(=O)CN4Cc5cc6c(cc5C4)C(=O)N(C4CCC(=O)NC4=O)C6=O)CC3)cc2F)C(C)(C)[C@H]1Oc1ccc(C#N)c(Cl)c1. The number of benzene rings is 3. The molecule has 5 aliphatic rings. The average molecular weight is 824 g/mol. The van der Waals surface area contributed by atoms with Crippen LogP contribution in [0.1, 0.15) is 88.3 Å². The highest BCUT2D eigenvalue weighted by atomic mass is 35.5. The lowest BCUT2D eigenvalue weighted by Gasteiger charge is -2.63. The monoisotopic (exact) mass is 823 g/mol. The summed E-state index contributed by atoms with van der Waals surface area (Å²) in [5.74, 6) is -2.97. The van der Waals surface area contributed by atoms with Crippen LogP contribution >= 0.6 is 11.6 Å². The van der Waals surface area contributed by atoms with E-state index in [1.54, 1.807) is 41.3 Å². The molecule has 1 atom stereocenters. The zero-order valence-electron chi connectivity index (χ0n) is 33.1. The molecule has 6 amide bonds. The number of hydrogen-bond donors (Lipinski definition) is 2. The molecule has 2 N–H and O–H groups in total.